The van der Waals surface area contributed by atoms with Crippen LogP contribution in [0.1, 0.15) is 32.3 Å². The molecule has 2 rings (SSSR count). The summed E-state index contributed by atoms with van der Waals surface area (Å²) in [5.74, 6) is 0.951. The van der Waals surface area contributed by atoms with Gasteiger partial charge in [-0.1, -0.05) is 20.8 Å². The highest BCUT2D eigenvalue weighted by Gasteiger charge is 2.28. The number of piperazine rings is 1. The van der Waals surface area contributed by atoms with Crippen LogP contribution in [-0.4, -0.2) is 57.5 Å². The molecule has 0 bridgehead atoms. The average molecular weight is 326 g/mol. The van der Waals surface area contributed by atoms with Crippen molar-refractivity contribution in [1.29, 1.82) is 0 Å². The van der Waals surface area contributed by atoms with Crippen LogP contribution in [-0.2, 0) is 10.0 Å². The Morgan fingerprint density at radius 1 is 1.18 bits per heavy atom. The van der Waals surface area contributed by atoms with Gasteiger partial charge < -0.3 is 9.64 Å². The average Bonchev–Trinajstić information content (AvgIpc) is 2.54. The molecule has 0 spiro atoms. The van der Waals surface area contributed by atoms with E-state index in [2.05, 4.69) is 11.8 Å². The third-order valence-electron chi connectivity index (χ3n) is 4.24. The molecule has 124 valence electrons. The molecule has 0 saturated carbocycles. The molecule has 1 aliphatic heterocycles. The summed E-state index contributed by atoms with van der Waals surface area (Å²) < 4.78 is 32.6. The topological polar surface area (TPSA) is 49.9 Å². The monoisotopic (exact) mass is 326 g/mol. The molecule has 6 heteroatoms. The van der Waals surface area contributed by atoms with Gasteiger partial charge in [0.05, 0.1) is 12.0 Å². The molecule has 1 aromatic carbocycles. The minimum Gasteiger partial charge on any atom is -0.496 e. The lowest BCUT2D eigenvalue weighted by Crippen LogP contribution is -2.48. The van der Waals surface area contributed by atoms with E-state index in [0.717, 1.165) is 30.9 Å². The number of sulfonamides is 1. The smallest absolute Gasteiger partial charge is 0.243 e. The lowest BCUT2D eigenvalue weighted by molar-refractivity contribution is 0.196. The molecule has 1 saturated heterocycles. The highest BCUT2D eigenvalue weighted by Crippen LogP contribution is 2.30. The summed E-state index contributed by atoms with van der Waals surface area (Å²) in [4.78, 5) is 2.63. The van der Waals surface area contributed by atoms with Gasteiger partial charge in [-0.15, -0.1) is 0 Å². The van der Waals surface area contributed by atoms with Crippen molar-refractivity contribution in [2.45, 2.75) is 31.6 Å². The molecule has 0 atom stereocenters. The number of ether oxygens (including phenoxy) is 1. The summed E-state index contributed by atoms with van der Waals surface area (Å²) in [6.45, 7) is 9.84. The Labute approximate surface area is 133 Å². The third kappa shape index (κ3) is 3.45. The fourth-order valence-electron chi connectivity index (χ4n) is 2.76. The maximum atomic E-state index is 12.8. The maximum absolute atomic E-state index is 12.8. The molecule has 0 aliphatic carbocycles. The fraction of sp³-hybridized carbons (Fsp3) is 0.625. The first-order valence-electron chi connectivity index (χ1n) is 7.80. The molecule has 1 fully saturated rings. The van der Waals surface area contributed by atoms with E-state index < -0.39 is 10.0 Å². The van der Waals surface area contributed by atoms with E-state index in [0.29, 0.717) is 18.0 Å². The van der Waals surface area contributed by atoms with Crippen molar-refractivity contribution in [2.24, 2.45) is 0 Å². The molecule has 0 radical (unpaired) electrons. The van der Waals surface area contributed by atoms with E-state index >= 15 is 0 Å². The number of nitrogens with zero attached hydrogens (tertiary/aromatic N) is 2. The summed E-state index contributed by atoms with van der Waals surface area (Å²) in [6, 6.07) is 5.15. The maximum Gasteiger partial charge on any atom is 0.243 e. The Morgan fingerprint density at radius 3 is 2.32 bits per heavy atom. The zero-order valence-electron chi connectivity index (χ0n) is 13.9. The minimum absolute atomic E-state index is 0.210. The summed E-state index contributed by atoms with van der Waals surface area (Å²) >= 11 is 0. The van der Waals surface area contributed by atoms with Crippen LogP contribution in [0.3, 0.4) is 0 Å². The zero-order valence-corrected chi connectivity index (χ0v) is 14.7. The minimum atomic E-state index is -3.42. The third-order valence-corrected chi connectivity index (χ3v) is 6.13. The van der Waals surface area contributed by atoms with Crippen molar-refractivity contribution >= 4 is 10.0 Å². The number of rotatable bonds is 5. The normalized spacial score (nSPS) is 17.9. The highest BCUT2D eigenvalue weighted by atomic mass is 32.2. The predicted molar refractivity (Wildman–Crippen MR) is 88.0 cm³/mol. The Balaban J connectivity index is 2.28. The van der Waals surface area contributed by atoms with Gasteiger partial charge in [0.25, 0.3) is 0 Å². The second-order valence-corrected chi connectivity index (χ2v) is 7.83. The highest BCUT2D eigenvalue weighted by molar-refractivity contribution is 7.89. The molecule has 5 nitrogen and oxygen atoms in total. The van der Waals surface area contributed by atoms with Gasteiger partial charge in [0, 0.05) is 26.2 Å². The standard InChI is InChI=1S/C16H26N2O3S/c1-5-17-8-10-18(11-9-17)22(19,20)14-6-7-16(21-4)15(12-14)13(2)3/h6-7,12-13H,5,8-11H2,1-4H3. The Bertz CT molecular complexity index is 606. The molecule has 0 amide bonds. The van der Waals surface area contributed by atoms with Crippen LogP contribution >= 0.6 is 0 Å². The second kappa shape index (κ2) is 6.98. The molecule has 0 unspecified atom stereocenters. The van der Waals surface area contributed by atoms with Crippen LogP contribution in [0.2, 0.25) is 0 Å². The van der Waals surface area contributed by atoms with Crippen molar-refractivity contribution < 1.29 is 13.2 Å². The first-order valence-corrected chi connectivity index (χ1v) is 9.24. The van der Waals surface area contributed by atoms with E-state index in [1.807, 2.05) is 13.8 Å². The molecule has 0 N–H and O–H groups in total. The van der Waals surface area contributed by atoms with Gasteiger partial charge in [-0.25, -0.2) is 8.42 Å². The zero-order chi connectivity index (χ0) is 16.3. The van der Waals surface area contributed by atoms with E-state index in [-0.39, 0.29) is 5.92 Å². The van der Waals surface area contributed by atoms with Crippen molar-refractivity contribution in [3.05, 3.63) is 23.8 Å². The number of benzene rings is 1. The SMILES string of the molecule is CCN1CCN(S(=O)(=O)c2ccc(OC)c(C(C)C)c2)CC1. The van der Waals surface area contributed by atoms with Gasteiger partial charge in [-0.2, -0.15) is 4.31 Å². The number of hydrogen-bond acceptors (Lipinski definition) is 4. The predicted octanol–water partition coefficient (Wildman–Crippen LogP) is 2.14. The first kappa shape index (κ1) is 17.2. The van der Waals surface area contributed by atoms with Gasteiger partial charge in [-0.3, -0.25) is 0 Å². The molecular weight excluding hydrogens is 300 g/mol. The molecule has 1 heterocycles. The molecule has 1 aliphatic rings. The van der Waals surface area contributed by atoms with Crippen LogP contribution < -0.4 is 4.74 Å². The Morgan fingerprint density at radius 2 is 1.82 bits per heavy atom. The van der Waals surface area contributed by atoms with Gasteiger partial charge in [0.1, 0.15) is 5.75 Å². The van der Waals surface area contributed by atoms with Crippen molar-refractivity contribution in [2.75, 3.05) is 39.8 Å². The van der Waals surface area contributed by atoms with Gasteiger partial charge >= 0.3 is 0 Å². The molecular formula is C16H26N2O3S. The van der Waals surface area contributed by atoms with Crippen LogP contribution in [0.25, 0.3) is 0 Å². The molecule has 22 heavy (non-hydrogen) atoms. The quantitative estimate of drug-likeness (QED) is 0.832. The van der Waals surface area contributed by atoms with Crippen molar-refractivity contribution in [3.8, 4) is 5.75 Å². The number of hydrogen-bond donors (Lipinski definition) is 0. The largest absolute Gasteiger partial charge is 0.496 e. The lowest BCUT2D eigenvalue weighted by atomic mass is 10.0. The van der Waals surface area contributed by atoms with E-state index in [1.165, 1.54) is 0 Å². The fourth-order valence-corrected chi connectivity index (χ4v) is 4.22. The Kier molecular flexibility index (Phi) is 5.47. The molecule has 1 aromatic rings. The summed E-state index contributed by atoms with van der Waals surface area (Å²) in [6.07, 6.45) is 0. The summed E-state index contributed by atoms with van der Waals surface area (Å²) in [7, 11) is -1.81. The number of likely N-dealkylation sites (N-methyl/N-ethyl adjacent to an activating group) is 1. The van der Waals surface area contributed by atoms with Gasteiger partial charge in [-0.05, 0) is 36.2 Å². The van der Waals surface area contributed by atoms with Crippen LogP contribution in [0.15, 0.2) is 23.1 Å². The van der Waals surface area contributed by atoms with Crippen LogP contribution in [0.4, 0.5) is 0 Å². The first-order chi connectivity index (χ1) is 10.4. The molecule has 0 aromatic heterocycles. The van der Waals surface area contributed by atoms with Crippen molar-refractivity contribution in [1.82, 2.24) is 9.21 Å². The second-order valence-electron chi connectivity index (χ2n) is 5.90. The van der Waals surface area contributed by atoms with Crippen LogP contribution in [0, 0.1) is 0 Å². The number of methoxy groups -OCH3 is 1. The van der Waals surface area contributed by atoms with Gasteiger partial charge in [0.2, 0.25) is 10.0 Å². The van der Waals surface area contributed by atoms with E-state index in [9.17, 15) is 8.42 Å². The van der Waals surface area contributed by atoms with Crippen molar-refractivity contribution in [3.63, 3.8) is 0 Å². The summed E-state index contributed by atoms with van der Waals surface area (Å²) in [5.41, 5.74) is 0.927. The van der Waals surface area contributed by atoms with Gasteiger partial charge in [0.15, 0.2) is 0 Å². The van der Waals surface area contributed by atoms with Crippen LogP contribution in [0.5, 0.6) is 5.75 Å². The van der Waals surface area contributed by atoms with E-state index in [4.69, 9.17) is 4.74 Å². The lowest BCUT2D eigenvalue weighted by Gasteiger charge is -2.33. The van der Waals surface area contributed by atoms with E-state index in [1.54, 1.807) is 29.6 Å². The Hall–Kier alpha value is -1.11. The summed E-state index contributed by atoms with van der Waals surface area (Å²) in [5, 5.41) is 0.